The number of hydrogen-bond acceptors (Lipinski definition) is 3. The number of aromatic amines is 1. The van der Waals surface area contributed by atoms with Gasteiger partial charge in [0.05, 0.1) is 6.54 Å². The Kier molecular flexibility index (Phi) is 5.89. The number of benzene rings is 2. The molecule has 0 bridgehead atoms. The van der Waals surface area contributed by atoms with Crippen molar-refractivity contribution in [3.63, 3.8) is 0 Å². The van der Waals surface area contributed by atoms with Gasteiger partial charge < -0.3 is 20.7 Å². The molecule has 2 amide bonds. The molecule has 0 spiro atoms. The third-order valence-corrected chi connectivity index (χ3v) is 4.13. The van der Waals surface area contributed by atoms with Crippen molar-refractivity contribution in [1.82, 2.24) is 15.6 Å². The highest BCUT2D eigenvalue weighted by Crippen LogP contribution is 2.17. The van der Waals surface area contributed by atoms with Gasteiger partial charge >= 0.3 is 0 Å². The molecular formula is C21H21N3O3. The topological polar surface area (TPSA) is 94.2 Å². The number of aromatic nitrogens is 1. The average Bonchev–Trinajstić information content (AvgIpc) is 3.09. The molecule has 138 valence electrons. The zero-order chi connectivity index (χ0) is 19.1. The SMILES string of the molecule is O=C(/C=C/c1ccc(O)cc1)NCC(=O)NCCc1c[nH]c2ccccc12. The van der Waals surface area contributed by atoms with E-state index in [0.29, 0.717) is 13.0 Å². The number of nitrogens with one attached hydrogen (secondary N) is 3. The van der Waals surface area contributed by atoms with E-state index in [1.54, 1.807) is 30.3 Å². The fourth-order valence-corrected chi connectivity index (χ4v) is 2.72. The highest BCUT2D eigenvalue weighted by molar-refractivity contribution is 5.94. The van der Waals surface area contributed by atoms with Crippen molar-refractivity contribution in [1.29, 1.82) is 0 Å². The number of aromatic hydroxyl groups is 1. The second kappa shape index (κ2) is 8.71. The van der Waals surface area contributed by atoms with Crippen molar-refractivity contribution >= 4 is 28.8 Å². The van der Waals surface area contributed by atoms with Gasteiger partial charge in [0.25, 0.3) is 0 Å². The Bertz CT molecular complexity index is 958. The van der Waals surface area contributed by atoms with Gasteiger partial charge in [-0.05, 0) is 41.8 Å². The number of amides is 2. The monoisotopic (exact) mass is 363 g/mol. The van der Waals surface area contributed by atoms with E-state index in [4.69, 9.17) is 0 Å². The summed E-state index contributed by atoms with van der Waals surface area (Å²) in [7, 11) is 0. The van der Waals surface area contributed by atoms with Crippen LogP contribution in [0.15, 0.2) is 60.8 Å². The molecule has 4 N–H and O–H groups in total. The van der Waals surface area contributed by atoms with Crippen molar-refractivity contribution in [2.24, 2.45) is 0 Å². The molecule has 0 unspecified atom stereocenters. The van der Waals surface area contributed by atoms with Crippen LogP contribution in [0.5, 0.6) is 5.75 Å². The lowest BCUT2D eigenvalue weighted by Gasteiger charge is -2.05. The largest absolute Gasteiger partial charge is 0.508 e. The van der Waals surface area contributed by atoms with Crippen LogP contribution in [0.2, 0.25) is 0 Å². The molecule has 6 nitrogen and oxygen atoms in total. The molecule has 27 heavy (non-hydrogen) atoms. The van der Waals surface area contributed by atoms with Crippen LogP contribution >= 0.6 is 0 Å². The van der Waals surface area contributed by atoms with Gasteiger partial charge in [-0.1, -0.05) is 30.3 Å². The minimum absolute atomic E-state index is 0.0768. The fourth-order valence-electron chi connectivity index (χ4n) is 2.72. The molecular weight excluding hydrogens is 342 g/mol. The van der Waals surface area contributed by atoms with Gasteiger partial charge in [-0.15, -0.1) is 0 Å². The zero-order valence-electron chi connectivity index (χ0n) is 14.7. The number of fused-ring (bicyclic) bond motifs is 1. The molecule has 1 heterocycles. The van der Waals surface area contributed by atoms with E-state index in [-0.39, 0.29) is 24.1 Å². The first-order chi connectivity index (χ1) is 13.1. The van der Waals surface area contributed by atoms with Gasteiger partial charge in [0.15, 0.2) is 0 Å². The van der Waals surface area contributed by atoms with Gasteiger partial charge in [-0.2, -0.15) is 0 Å². The van der Waals surface area contributed by atoms with Crippen molar-refractivity contribution in [3.05, 3.63) is 71.9 Å². The number of rotatable bonds is 7. The Balaban J connectivity index is 1.39. The molecule has 0 aliphatic carbocycles. The smallest absolute Gasteiger partial charge is 0.244 e. The quantitative estimate of drug-likeness (QED) is 0.486. The third kappa shape index (κ3) is 5.22. The van der Waals surface area contributed by atoms with E-state index in [1.807, 2.05) is 30.5 Å². The Hall–Kier alpha value is -3.54. The Morgan fingerprint density at radius 2 is 1.81 bits per heavy atom. The molecule has 0 radical (unpaired) electrons. The molecule has 6 heteroatoms. The van der Waals surface area contributed by atoms with E-state index >= 15 is 0 Å². The number of carbonyl (C=O) groups is 2. The number of phenolic OH excluding ortho intramolecular Hbond substituents is 1. The highest BCUT2D eigenvalue weighted by Gasteiger charge is 2.05. The van der Waals surface area contributed by atoms with Gasteiger partial charge in [-0.25, -0.2) is 0 Å². The summed E-state index contributed by atoms with van der Waals surface area (Å²) in [5, 5.41) is 15.7. The number of H-pyrrole nitrogens is 1. The summed E-state index contributed by atoms with van der Waals surface area (Å²) in [5.74, 6) is -0.419. The summed E-state index contributed by atoms with van der Waals surface area (Å²) in [6, 6.07) is 14.5. The van der Waals surface area contributed by atoms with Crippen LogP contribution in [0.1, 0.15) is 11.1 Å². The van der Waals surface area contributed by atoms with Crippen molar-refractivity contribution in [3.8, 4) is 5.75 Å². The Morgan fingerprint density at radius 1 is 1.04 bits per heavy atom. The number of phenols is 1. The van der Waals surface area contributed by atoms with Crippen molar-refractivity contribution in [2.45, 2.75) is 6.42 Å². The molecule has 0 saturated heterocycles. The first-order valence-electron chi connectivity index (χ1n) is 8.68. The van der Waals surface area contributed by atoms with Crippen LogP contribution in [0.3, 0.4) is 0 Å². The van der Waals surface area contributed by atoms with Crippen LogP contribution < -0.4 is 10.6 Å². The minimum atomic E-state index is -0.352. The maximum atomic E-state index is 11.9. The van der Waals surface area contributed by atoms with E-state index in [1.165, 1.54) is 6.08 Å². The molecule has 1 aromatic heterocycles. The summed E-state index contributed by atoms with van der Waals surface area (Å²) in [6.45, 7) is 0.423. The lowest BCUT2D eigenvalue weighted by molar-refractivity contribution is -0.123. The second-order valence-corrected chi connectivity index (χ2v) is 6.10. The maximum Gasteiger partial charge on any atom is 0.244 e. The molecule has 0 saturated carbocycles. The standard InChI is InChI=1S/C21H21N3O3/c25-17-8-5-15(6-9-17)7-10-20(26)24-14-21(27)22-12-11-16-13-23-19-4-2-1-3-18(16)19/h1-10,13,23,25H,11-12,14H2,(H,22,27)(H,24,26)/b10-7+. The molecule has 0 aliphatic rings. The van der Waals surface area contributed by atoms with Crippen LogP contribution in [-0.4, -0.2) is 35.0 Å². The van der Waals surface area contributed by atoms with E-state index in [0.717, 1.165) is 22.0 Å². The van der Waals surface area contributed by atoms with E-state index < -0.39 is 0 Å². The van der Waals surface area contributed by atoms with Crippen molar-refractivity contribution in [2.75, 3.05) is 13.1 Å². The molecule has 0 atom stereocenters. The number of para-hydroxylation sites is 1. The fraction of sp³-hybridized carbons (Fsp3) is 0.143. The predicted octanol–water partition coefficient (Wildman–Crippen LogP) is 2.36. The molecule has 2 aromatic carbocycles. The number of carbonyl (C=O) groups excluding carboxylic acids is 2. The minimum Gasteiger partial charge on any atom is -0.508 e. The second-order valence-electron chi connectivity index (χ2n) is 6.10. The van der Waals surface area contributed by atoms with Gasteiger partial charge in [0, 0.05) is 29.7 Å². The lowest BCUT2D eigenvalue weighted by Crippen LogP contribution is -2.37. The van der Waals surface area contributed by atoms with Crippen LogP contribution in [0.25, 0.3) is 17.0 Å². The summed E-state index contributed by atoms with van der Waals surface area (Å²) < 4.78 is 0. The van der Waals surface area contributed by atoms with Crippen LogP contribution in [0, 0.1) is 0 Å². The number of hydrogen-bond donors (Lipinski definition) is 4. The van der Waals surface area contributed by atoms with Gasteiger partial charge in [0.1, 0.15) is 5.75 Å². The van der Waals surface area contributed by atoms with Crippen LogP contribution in [0.4, 0.5) is 0 Å². The normalized spacial score (nSPS) is 11.0. The van der Waals surface area contributed by atoms with Crippen molar-refractivity contribution < 1.29 is 14.7 Å². The first kappa shape index (κ1) is 18.3. The third-order valence-electron chi connectivity index (χ3n) is 4.13. The Morgan fingerprint density at radius 3 is 2.63 bits per heavy atom. The summed E-state index contributed by atoms with van der Waals surface area (Å²) in [4.78, 5) is 26.8. The molecule has 0 fully saturated rings. The summed E-state index contributed by atoms with van der Waals surface area (Å²) in [5.41, 5.74) is 3.00. The maximum absolute atomic E-state index is 11.9. The first-order valence-corrected chi connectivity index (χ1v) is 8.68. The average molecular weight is 363 g/mol. The lowest BCUT2D eigenvalue weighted by atomic mass is 10.1. The summed E-state index contributed by atoms with van der Waals surface area (Å²) >= 11 is 0. The van der Waals surface area contributed by atoms with E-state index in [2.05, 4.69) is 15.6 Å². The van der Waals surface area contributed by atoms with Crippen LogP contribution in [-0.2, 0) is 16.0 Å². The zero-order valence-corrected chi connectivity index (χ0v) is 14.7. The predicted molar refractivity (Wildman–Crippen MR) is 105 cm³/mol. The van der Waals surface area contributed by atoms with Gasteiger partial charge in [0.2, 0.25) is 11.8 Å². The highest BCUT2D eigenvalue weighted by atomic mass is 16.3. The Labute approximate surface area is 156 Å². The summed E-state index contributed by atoms with van der Waals surface area (Å²) in [6.07, 6.45) is 5.63. The van der Waals surface area contributed by atoms with E-state index in [9.17, 15) is 14.7 Å². The molecule has 3 rings (SSSR count). The molecule has 3 aromatic rings. The molecule has 0 aliphatic heterocycles. The van der Waals surface area contributed by atoms with Gasteiger partial charge in [-0.3, -0.25) is 9.59 Å².